The van der Waals surface area contributed by atoms with Crippen molar-refractivity contribution in [1.82, 2.24) is 4.98 Å². The first-order chi connectivity index (χ1) is 15.7. The Morgan fingerprint density at radius 3 is 2.55 bits per heavy atom. The minimum absolute atomic E-state index is 0.0146. The number of anilines is 2. The molecule has 33 heavy (non-hydrogen) atoms. The smallest absolute Gasteiger partial charge is 0.323 e. The summed E-state index contributed by atoms with van der Waals surface area (Å²) in [5.41, 5.74) is 1.08. The lowest BCUT2D eigenvalue weighted by Gasteiger charge is -2.07. The van der Waals surface area contributed by atoms with Crippen LogP contribution in [0.4, 0.5) is 15.8 Å². The summed E-state index contributed by atoms with van der Waals surface area (Å²) >= 11 is 5.54. The highest BCUT2D eigenvalue weighted by molar-refractivity contribution is 9.10. The molecule has 0 radical (unpaired) electrons. The number of rotatable bonds is 7. The van der Waals surface area contributed by atoms with Crippen LogP contribution in [-0.2, 0) is 14.8 Å². The van der Waals surface area contributed by atoms with E-state index in [9.17, 15) is 23.3 Å². The number of benzene rings is 2. The summed E-state index contributed by atoms with van der Waals surface area (Å²) in [7, 11) is -3.86. The Bertz CT molecular complexity index is 1490. The van der Waals surface area contributed by atoms with E-state index in [1.165, 1.54) is 53.8 Å². The molecular weight excluding hydrogens is 552 g/mol. The number of amides is 1. The van der Waals surface area contributed by atoms with Gasteiger partial charge in [0.2, 0.25) is 5.91 Å². The second-order valence-corrected chi connectivity index (χ2v) is 11.2. The van der Waals surface area contributed by atoms with Crippen LogP contribution in [0.3, 0.4) is 0 Å². The van der Waals surface area contributed by atoms with E-state index in [4.69, 9.17) is 0 Å². The van der Waals surface area contributed by atoms with Crippen LogP contribution in [0.1, 0.15) is 4.88 Å². The minimum Gasteiger partial charge on any atom is -0.323 e. The summed E-state index contributed by atoms with van der Waals surface area (Å²) in [6.45, 7) is 0. The van der Waals surface area contributed by atoms with Gasteiger partial charge < -0.3 is 5.32 Å². The van der Waals surface area contributed by atoms with E-state index in [-0.39, 0.29) is 15.0 Å². The molecule has 2 heterocycles. The first kappa shape index (κ1) is 23.0. The standard InChI is InChI=1S/C20H13BrN4O5S3/c21-12-1-8-16-17(11-12)32-20(23-16)24-33(29,30)15-6-2-13(3-7-15)22-18(26)9-4-14-5-10-19(31-14)25(27)28/h1-11H,(H,22,26)(H,23,24)/b9-4+. The van der Waals surface area contributed by atoms with Gasteiger partial charge in [0.25, 0.3) is 10.0 Å². The SMILES string of the molecule is O=C(/C=C/c1ccc([N+](=O)[O-])s1)Nc1ccc(S(=O)(=O)Nc2nc3ccc(Br)cc3s2)cc1. The van der Waals surface area contributed by atoms with Crippen LogP contribution in [0.2, 0.25) is 0 Å². The van der Waals surface area contributed by atoms with Crippen molar-refractivity contribution in [3.8, 4) is 0 Å². The number of nitrogens with one attached hydrogen (secondary N) is 2. The summed E-state index contributed by atoms with van der Waals surface area (Å²) in [5.74, 6) is -0.458. The number of aromatic nitrogens is 1. The molecule has 0 saturated carbocycles. The predicted molar refractivity (Wildman–Crippen MR) is 133 cm³/mol. The molecule has 0 fully saturated rings. The molecule has 0 spiro atoms. The lowest BCUT2D eigenvalue weighted by molar-refractivity contribution is -0.380. The largest absolute Gasteiger partial charge is 0.324 e. The first-order valence-corrected chi connectivity index (χ1v) is 13.0. The van der Waals surface area contributed by atoms with E-state index in [1.807, 2.05) is 12.1 Å². The molecule has 0 aliphatic carbocycles. The molecule has 9 nitrogen and oxygen atoms in total. The van der Waals surface area contributed by atoms with Crippen molar-refractivity contribution < 1.29 is 18.1 Å². The van der Waals surface area contributed by atoms with E-state index in [2.05, 4.69) is 31.0 Å². The molecule has 0 aliphatic heterocycles. The van der Waals surface area contributed by atoms with Crippen molar-refractivity contribution >= 4 is 86.6 Å². The lowest BCUT2D eigenvalue weighted by atomic mass is 10.3. The monoisotopic (exact) mass is 564 g/mol. The molecule has 2 aromatic heterocycles. The Balaban J connectivity index is 1.41. The van der Waals surface area contributed by atoms with Gasteiger partial charge in [-0.2, -0.15) is 0 Å². The third kappa shape index (κ3) is 5.63. The molecule has 2 N–H and O–H groups in total. The molecule has 4 rings (SSSR count). The zero-order chi connectivity index (χ0) is 23.6. The first-order valence-electron chi connectivity index (χ1n) is 9.12. The average Bonchev–Trinajstić information content (AvgIpc) is 3.38. The Morgan fingerprint density at radius 1 is 1.09 bits per heavy atom. The number of halogens is 1. The van der Waals surface area contributed by atoms with Crippen molar-refractivity contribution in [2.24, 2.45) is 0 Å². The fourth-order valence-corrected chi connectivity index (χ4v) is 6.08. The molecule has 0 atom stereocenters. The maximum Gasteiger partial charge on any atom is 0.324 e. The quantitative estimate of drug-likeness (QED) is 0.173. The van der Waals surface area contributed by atoms with Crippen LogP contribution in [0, 0.1) is 10.1 Å². The van der Waals surface area contributed by atoms with Gasteiger partial charge in [-0.15, -0.1) is 0 Å². The third-order valence-electron chi connectivity index (χ3n) is 4.20. The second-order valence-electron chi connectivity index (χ2n) is 6.52. The molecule has 0 unspecified atom stereocenters. The van der Waals surface area contributed by atoms with Gasteiger partial charge >= 0.3 is 5.00 Å². The topological polar surface area (TPSA) is 131 Å². The van der Waals surface area contributed by atoms with Gasteiger partial charge in [0, 0.05) is 27.2 Å². The number of thiazole rings is 1. The number of hydrogen-bond acceptors (Lipinski definition) is 8. The van der Waals surface area contributed by atoms with Crippen molar-refractivity contribution in [3.05, 3.63) is 80.1 Å². The second kappa shape index (κ2) is 9.39. The maximum absolute atomic E-state index is 12.7. The van der Waals surface area contributed by atoms with Crippen LogP contribution in [0.5, 0.6) is 0 Å². The van der Waals surface area contributed by atoms with Gasteiger partial charge in [0.1, 0.15) is 0 Å². The van der Waals surface area contributed by atoms with Gasteiger partial charge in [0.15, 0.2) is 5.13 Å². The highest BCUT2D eigenvalue weighted by Crippen LogP contribution is 2.30. The Labute approximate surface area is 204 Å². The molecule has 0 saturated heterocycles. The van der Waals surface area contributed by atoms with Crippen LogP contribution in [0.25, 0.3) is 16.3 Å². The van der Waals surface area contributed by atoms with Crippen molar-refractivity contribution in [3.63, 3.8) is 0 Å². The molecule has 168 valence electrons. The summed E-state index contributed by atoms with van der Waals surface area (Å²) in [5, 5.41) is 13.6. The number of sulfonamides is 1. The fraction of sp³-hybridized carbons (Fsp3) is 0. The third-order valence-corrected chi connectivity index (χ3v) is 8.11. The van der Waals surface area contributed by atoms with Gasteiger partial charge in [-0.25, -0.2) is 13.4 Å². The fourth-order valence-electron chi connectivity index (χ4n) is 2.71. The summed E-state index contributed by atoms with van der Waals surface area (Å²) in [6, 6.07) is 14.1. The van der Waals surface area contributed by atoms with E-state index in [0.29, 0.717) is 16.1 Å². The Kier molecular flexibility index (Phi) is 6.56. The molecule has 4 aromatic rings. The molecule has 1 amide bonds. The number of thiophene rings is 1. The zero-order valence-corrected chi connectivity index (χ0v) is 20.4. The maximum atomic E-state index is 12.7. The normalized spacial score (nSPS) is 11.7. The Morgan fingerprint density at radius 2 is 1.85 bits per heavy atom. The summed E-state index contributed by atoms with van der Waals surface area (Å²) < 4.78 is 29.6. The van der Waals surface area contributed by atoms with Crippen molar-refractivity contribution in [2.75, 3.05) is 10.0 Å². The number of nitrogens with zero attached hydrogens (tertiary/aromatic N) is 2. The van der Waals surface area contributed by atoms with Crippen LogP contribution >= 0.6 is 38.6 Å². The highest BCUT2D eigenvalue weighted by atomic mass is 79.9. The van der Waals surface area contributed by atoms with Crippen LogP contribution in [-0.4, -0.2) is 24.2 Å². The van der Waals surface area contributed by atoms with Crippen LogP contribution < -0.4 is 10.0 Å². The number of fused-ring (bicyclic) bond motifs is 1. The number of nitro groups is 1. The molecule has 0 aliphatic rings. The van der Waals surface area contributed by atoms with Crippen LogP contribution in [0.15, 0.2) is 70.0 Å². The van der Waals surface area contributed by atoms with Gasteiger partial charge in [0.05, 0.1) is 20.0 Å². The highest BCUT2D eigenvalue weighted by Gasteiger charge is 2.17. The number of carbonyl (C=O) groups excluding carboxylic acids is 1. The molecule has 2 aromatic carbocycles. The molecule has 13 heteroatoms. The summed E-state index contributed by atoms with van der Waals surface area (Å²) in [4.78, 5) is 27.2. The van der Waals surface area contributed by atoms with E-state index in [0.717, 1.165) is 20.5 Å². The van der Waals surface area contributed by atoms with E-state index >= 15 is 0 Å². The molecule has 0 bridgehead atoms. The van der Waals surface area contributed by atoms with Gasteiger partial charge in [-0.05, 0) is 54.6 Å². The van der Waals surface area contributed by atoms with Gasteiger partial charge in [-0.3, -0.25) is 19.6 Å². The van der Waals surface area contributed by atoms with Gasteiger partial charge in [-0.1, -0.05) is 38.6 Å². The van der Waals surface area contributed by atoms with E-state index in [1.54, 1.807) is 12.1 Å². The zero-order valence-electron chi connectivity index (χ0n) is 16.4. The number of hydrogen-bond donors (Lipinski definition) is 2. The van der Waals surface area contributed by atoms with Crippen molar-refractivity contribution in [2.45, 2.75) is 4.90 Å². The Hall–Kier alpha value is -3.13. The average molecular weight is 565 g/mol. The van der Waals surface area contributed by atoms with Crippen molar-refractivity contribution in [1.29, 1.82) is 0 Å². The minimum atomic E-state index is -3.86. The lowest BCUT2D eigenvalue weighted by Crippen LogP contribution is -2.13. The predicted octanol–water partition coefficient (Wildman–Crippen LogP) is 5.48. The van der Waals surface area contributed by atoms with E-state index < -0.39 is 20.9 Å². The number of carbonyl (C=O) groups is 1. The molecular formula is C20H13BrN4O5S3. The summed E-state index contributed by atoms with van der Waals surface area (Å²) in [6.07, 6.45) is 2.71.